The molecule has 1 amide bonds. The van der Waals surface area contributed by atoms with Crippen LogP contribution in [0.15, 0.2) is 24.5 Å². The lowest BCUT2D eigenvalue weighted by Crippen LogP contribution is -2.07. The topological polar surface area (TPSA) is 68.9 Å². The molecule has 1 aromatic rings. The van der Waals surface area contributed by atoms with Crippen LogP contribution < -0.4 is 5.73 Å². The summed E-state index contributed by atoms with van der Waals surface area (Å²) in [6.45, 7) is 0. The molecule has 0 fully saturated rings. The summed E-state index contributed by atoms with van der Waals surface area (Å²) in [6.07, 6.45) is 6.79. The van der Waals surface area contributed by atoms with Gasteiger partial charge in [-0.2, -0.15) is 0 Å². The molecular weight excluding hydrogens is 154 g/mol. The largest absolute Gasteiger partial charge is 0.369 e. The summed E-state index contributed by atoms with van der Waals surface area (Å²) in [5.41, 5.74) is 4.93. The van der Waals surface area contributed by atoms with Crippen LogP contribution in [0, 0.1) is 0 Å². The van der Waals surface area contributed by atoms with E-state index in [1.165, 1.54) is 0 Å². The number of nitrogens with zero attached hydrogens (tertiary/aromatic N) is 2. The molecule has 0 aliphatic heterocycles. The molecule has 1 heterocycles. The van der Waals surface area contributed by atoms with Gasteiger partial charge in [0.1, 0.15) is 0 Å². The highest BCUT2D eigenvalue weighted by Gasteiger charge is 1.88. The van der Waals surface area contributed by atoms with E-state index >= 15 is 0 Å². The van der Waals surface area contributed by atoms with Gasteiger partial charge < -0.3 is 5.73 Å². The van der Waals surface area contributed by atoms with E-state index < -0.39 is 0 Å². The quantitative estimate of drug-likeness (QED) is 0.699. The van der Waals surface area contributed by atoms with Gasteiger partial charge in [0.2, 0.25) is 5.91 Å². The minimum atomic E-state index is -0.359. The molecule has 4 heteroatoms. The number of carbonyl (C=O) groups excluding carboxylic acids is 1. The van der Waals surface area contributed by atoms with Crippen molar-refractivity contribution in [1.29, 1.82) is 0 Å². The third-order valence-electron chi connectivity index (χ3n) is 1.17. The monoisotopic (exact) mass is 163 g/mol. The van der Waals surface area contributed by atoms with Crippen molar-refractivity contribution in [1.82, 2.24) is 9.97 Å². The minimum absolute atomic E-state index is 0.220. The minimum Gasteiger partial charge on any atom is -0.369 e. The number of hydrogen-bond donors (Lipinski definition) is 1. The zero-order chi connectivity index (χ0) is 8.81. The van der Waals surface area contributed by atoms with Crippen LogP contribution in [-0.4, -0.2) is 15.9 Å². The van der Waals surface area contributed by atoms with Crippen LogP contribution in [0.2, 0.25) is 0 Å². The van der Waals surface area contributed by atoms with E-state index in [1.807, 2.05) is 0 Å². The molecule has 1 rings (SSSR count). The first-order valence-electron chi connectivity index (χ1n) is 3.51. The molecule has 0 aliphatic carbocycles. The molecule has 0 aliphatic rings. The van der Waals surface area contributed by atoms with E-state index in [1.54, 1.807) is 30.6 Å². The van der Waals surface area contributed by atoms with Crippen molar-refractivity contribution in [2.45, 2.75) is 6.42 Å². The van der Waals surface area contributed by atoms with Gasteiger partial charge in [0.25, 0.3) is 0 Å². The van der Waals surface area contributed by atoms with Gasteiger partial charge in [0.05, 0.1) is 0 Å². The Balaban J connectivity index is 2.52. The summed E-state index contributed by atoms with van der Waals surface area (Å²) in [5, 5.41) is 0. The molecule has 0 unspecified atom stereocenters. The Hall–Kier alpha value is -1.71. The first-order chi connectivity index (χ1) is 5.79. The van der Waals surface area contributed by atoms with Crippen molar-refractivity contribution >= 4 is 12.0 Å². The number of hydrogen-bond acceptors (Lipinski definition) is 3. The molecule has 1 aromatic heterocycles. The average Bonchev–Trinajstić information content (AvgIpc) is 2.05. The summed E-state index contributed by atoms with van der Waals surface area (Å²) in [4.78, 5) is 18.2. The zero-order valence-electron chi connectivity index (χ0n) is 6.47. The van der Waals surface area contributed by atoms with Crippen LogP contribution >= 0.6 is 0 Å². The van der Waals surface area contributed by atoms with E-state index in [0.29, 0.717) is 5.82 Å². The van der Waals surface area contributed by atoms with E-state index in [9.17, 15) is 4.79 Å². The fourth-order valence-electron chi connectivity index (χ4n) is 0.677. The Morgan fingerprint density at radius 2 is 2.17 bits per heavy atom. The molecule has 0 spiro atoms. The summed E-state index contributed by atoms with van der Waals surface area (Å²) in [5.74, 6) is 0.223. The third kappa shape index (κ3) is 2.92. The Bertz CT molecular complexity index is 282. The van der Waals surface area contributed by atoms with Crippen molar-refractivity contribution in [3.8, 4) is 0 Å². The van der Waals surface area contributed by atoms with Crippen molar-refractivity contribution < 1.29 is 4.79 Å². The van der Waals surface area contributed by atoms with Gasteiger partial charge in [-0.3, -0.25) is 4.79 Å². The Morgan fingerprint density at radius 3 is 2.75 bits per heavy atom. The highest BCUT2D eigenvalue weighted by atomic mass is 16.1. The molecule has 2 N–H and O–H groups in total. The highest BCUT2D eigenvalue weighted by molar-refractivity contribution is 5.76. The average molecular weight is 163 g/mol. The second-order valence-corrected chi connectivity index (χ2v) is 2.18. The fraction of sp³-hybridized carbons (Fsp3) is 0.125. The Morgan fingerprint density at radius 1 is 1.50 bits per heavy atom. The molecule has 0 bridgehead atoms. The standard InChI is InChI=1S/C8H9N3O/c9-7(12)3-1-4-8-10-5-2-6-11-8/h1-2,4-6H,3H2,(H2,9,12). The molecule has 0 radical (unpaired) electrons. The first-order valence-corrected chi connectivity index (χ1v) is 3.51. The van der Waals surface area contributed by atoms with Gasteiger partial charge in [0, 0.05) is 18.8 Å². The maximum atomic E-state index is 10.3. The second-order valence-electron chi connectivity index (χ2n) is 2.18. The number of aromatic nitrogens is 2. The molecule has 4 nitrogen and oxygen atoms in total. The predicted molar refractivity (Wildman–Crippen MR) is 44.9 cm³/mol. The second kappa shape index (κ2) is 4.23. The maximum absolute atomic E-state index is 10.3. The lowest BCUT2D eigenvalue weighted by atomic mass is 10.3. The van der Waals surface area contributed by atoms with Crippen LogP contribution in [0.5, 0.6) is 0 Å². The lowest BCUT2D eigenvalue weighted by Gasteiger charge is -1.88. The number of carbonyl (C=O) groups is 1. The van der Waals surface area contributed by atoms with Crippen molar-refractivity contribution in [3.63, 3.8) is 0 Å². The SMILES string of the molecule is NC(=O)CC=Cc1ncccn1. The first kappa shape index (κ1) is 8.39. The van der Waals surface area contributed by atoms with Crippen molar-refractivity contribution in [2.24, 2.45) is 5.73 Å². The van der Waals surface area contributed by atoms with Crippen LogP contribution in [0.1, 0.15) is 12.2 Å². The van der Waals surface area contributed by atoms with Gasteiger partial charge in [-0.1, -0.05) is 6.08 Å². The molecule has 0 aromatic carbocycles. The number of rotatable bonds is 3. The number of amides is 1. The highest BCUT2D eigenvalue weighted by Crippen LogP contribution is 1.92. The molecule has 12 heavy (non-hydrogen) atoms. The molecule has 62 valence electrons. The summed E-state index contributed by atoms with van der Waals surface area (Å²) in [6, 6.07) is 1.73. The van der Waals surface area contributed by atoms with E-state index in [2.05, 4.69) is 9.97 Å². The van der Waals surface area contributed by atoms with E-state index in [0.717, 1.165) is 0 Å². The smallest absolute Gasteiger partial charge is 0.221 e. The van der Waals surface area contributed by atoms with Crippen LogP contribution in [0.3, 0.4) is 0 Å². The van der Waals surface area contributed by atoms with Crippen LogP contribution in [0.25, 0.3) is 6.08 Å². The molecule has 0 saturated heterocycles. The summed E-state index contributed by atoms with van der Waals surface area (Å²) < 4.78 is 0. The summed E-state index contributed by atoms with van der Waals surface area (Å²) in [7, 11) is 0. The van der Waals surface area contributed by atoms with Crippen LogP contribution in [-0.2, 0) is 4.79 Å². The predicted octanol–water partition coefficient (Wildman–Crippen LogP) is 0.365. The normalized spacial score (nSPS) is 10.3. The maximum Gasteiger partial charge on any atom is 0.221 e. The van der Waals surface area contributed by atoms with E-state index in [-0.39, 0.29) is 12.3 Å². The van der Waals surface area contributed by atoms with Gasteiger partial charge in [0.15, 0.2) is 5.82 Å². The molecular formula is C8H9N3O. The van der Waals surface area contributed by atoms with Crippen molar-refractivity contribution in [3.05, 3.63) is 30.4 Å². The van der Waals surface area contributed by atoms with Crippen LogP contribution in [0.4, 0.5) is 0 Å². The number of nitrogens with two attached hydrogens (primary N) is 1. The van der Waals surface area contributed by atoms with Gasteiger partial charge in [-0.05, 0) is 12.1 Å². The summed E-state index contributed by atoms with van der Waals surface area (Å²) >= 11 is 0. The fourth-order valence-corrected chi connectivity index (χ4v) is 0.677. The lowest BCUT2D eigenvalue weighted by molar-refractivity contribution is -0.117. The van der Waals surface area contributed by atoms with E-state index in [4.69, 9.17) is 5.73 Å². The molecule has 0 saturated carbocycles. The van der Waals surface area contributed by atoms with Gasteiger partial charge in [-0.25, -0.2) is 9.97 Å². The van der Waals surface area contributed by atoms with Gasteiger partial charge >= 0.3 is 0 Å². The Kier molecular flexibility index (Phi) is 2.95. The zero-order valence-corrected chi connectivity index (χ0v) is 6.47. The number of primary amides is 1. The van der Waals surface area contributed by atoms with Gasteiger partial charge in [-0.15, -0.1) is 0 Å². The molecule has 0 atom stereocenters. The third-order valence-corrected chi connectivity index (χ3v) is 1.17. The Labute approximate surface area is 70.1 Å². The van der Waals surface area contributed by atoms with Crippen molar-refractivity contribution in [2.75, 3.05) is 0 Å².